The number of ether oxygens (including phenoxy) is 2. The molecular formula is C29H27BrN2O5S. The highest BCUT2D eigenvalue weighted by Gasteiger charge is 2.32. The molecule has 1 aliphatic rings. The predicted octanol–water partition coefficient (Wildman–Crippen LogP) is 7.06. The molecule has 1 heterocycles. The molecule has 9 heteroatoms. The number of aryl methyl sites for hydroxylation is 1. The van der Waals surface area contributed by atoms with Crippen molar-refractivity contribution in [3.8, 4) is 11.5 Å². The maximum atomic E-state index is 13.2. The van der Waals surface area contributed by atoms with E-state index in [1.165, 1.54) is 29.5 Å². The Kier molecular flexibility index (Phi) is 8.91. The van der Waals surface area contributed by atoms with Gasteiger partial charge in [-0.3, -0.25) is 9.69 Å². The molecule has 1 aliphatic heterocycles. The molecule has 1 saturated heterocycles. The summed E-state index contributed by atoms with van der Waals surface area (Å²) >= 11 is 4.86. The Balaban J connectivity index is 1.61. The highest BCUT2D eigenvalue weighted by atomic mass is 79.9. The lowest BCUT2D eigenvalue weighted by atomic mass is 10.1. The van der Waals surface area contributed by atoms with E-state index < -0.39 is 5.97 Å². The van der Waals surface area contributed by atoms with Crippen LogP contribution in [0, 0.1) is 6.92 Å². The summed E-state index contributed by atoms with van der Waals surface area (Å²) in [7, 11) is 0. The van der Waals surface area contributed by atoms with Crippen LogP contribution >= 0.6 is 27.7 Å². The Bertz CT molecular complexity index is 1420. The third-order valence-electron chi connectivity index (χ3n) is 5.66. The first-order valence-corrected chi connectivity index (χ1v) is 13.7. The van der Waals surface area contributed by atoms with Crippen LogP contribution in [0.4, 0.5) is 5.69 Å². The van der Waals surface area contributed by atoms with Gasteiger partial charge in [-0.05, 0) is 96.0 Å². The Labute approximate surface area is 234 Å². The molecule has 196 valence electrons. The summed E-state index contributed by atoms with van der Waals surface area (Å²) in [6, 6.07) is 18.2. The SMILES string of the molecule is CCOc1cc(/C=C2/SC(=Nc3cccc(C(=O)O)c3)N(CC)C2=O)cc(Br)c1OCc1ccc(C)cc1. The Morgan fingerprint density at radius 1 is 1.11 bits per heavy atom. The van der Waals surface area contributed by atoms with E-state index in [9.17, 15) is 14.7 Å². The first-order valence-electron chi connectivity index (χ1n) is 12.1. The number of carboxylic acid groups (broad SMARTS) is 1. The first-order chi connectivity index (χ1) is 18.3. The standard InChI is InChI=1S/C29H27BrN2O5S/c1-4-32-27(33)25(38-29(32)31-22-8-6-7-21(16-22)28(34)35)15-20-13-23(30)26(24(14-20)36-5-2)37-17-19-11-9-18(3)10-12-19/h6-16H,4-5,17H2,1-3H3,(H,34,35)/b25-15+,31-29?. The van der Waals surface area contributed by atoms with E-state index in [0.29, 0.717) is 51.5 Å². The molecule has 1 amide bonds. The third-order valence-corrected chi connectivity index (χ3v) is 7.25. The lowest BCUT2D eigenvalue weighted by Crippen LogP contribution is -2.28. The quantitative estimate of drug-likeness (QED) is 0.267. The Morgan fingerprint density at radius 2 is 1.87 bits per heavy atom. The molecule has 0 aliphatic carbocycles. The van der Waals surface area contributed by atoms with Gasteiger partial charge in [-0.15, -0.1) is 0 Å². The first kappa shape index (κ1) is 27.5. The number of benzene rings is 3. The van der Waals surface area contributed by atoms with Gasteiger partial charge in [-0.2, -0.15) is 0 Å². The van der Waals surface area contributed by atoms with Crippen molar-refractivity contribution in [1.29, 1.82) is 0 Å². The molecule has 38 heavy (non-hydrogen) atoms. The fourth-order valence-electron chi connectivity index (χ4n) is 3.75. The molecule has 3 aromatic carbocycles. The molecule has 0 aromatic heterocycles. The molecule has 0 spiro atoms. The maximum Gasteiger partial charge on any atom is 0.335 e. The van der Waals surface area contributed by atoms with Crippen LogP contribution in [0.15, 0.2) is 75.0 Å². The molecule has 0 bridgehead atoms. The van der Waals surface area contributed by atoms with E-state index >= 15 is 0 Å². The van der Waals surface area contributed by atoms with E-state index in [4.69, 9.17) is 9.47 Å². The molecule has 4 rings (SSSR count). The summed E-state index contributed by atoms with van der Waals surface area (Å²) in [4.78, 5) is 31.1. The van der Waals surface area contributed by atoms with E-state index in [0.717, 1.165) is 11.1 Å². The van der Waals surface area contributed by atoms with Crippen LogP contribution < -0.4 is 9.47 Å². The van der Waals surface area contributed by atoms with Gasteiger partial charge in [0.25, 0.3) is 5.91 Å². The van der Waals surface area contributed by atoms with Gasteiger partial charge in [-0.25, -0.2) is 9.79 Å². The van der Waals surface area contributed by atoms with Gasteiger partial charge in [0.1, 0.15) is 6.61 Å². The Morgan fingerprint density at radius 3 is 2.55 bits per heavy atom. The number of thioether (sulfide) groups is 1. The number of amidine groups is 1. The lowest BCUT2D eigenvalue weighted by molar-refractivity contribution is -0.122. The van der Waals surface area contributed by atoms with Crippen molar-refractivity contribution >= 4 is 56.5 Å². The molecule has 0 unspecified atom stereocenters. The van der Waals surface area contributed by atoms with Gasteiger partial charge in [0.2, 0.25) is 0 Å². The second kappa shape index (κ2) is 12.3. The summed E-state index contributed by atoms with van der Waals surface area (Å²) in [5.74, 6) is -0.0322. The fourth-order valence-corrected chi connectivity index (χ4v) is 5.39. The summed E-state index contributed by atoms with van der Waals surface area (Å²) in [5, 5.41) is 9.76. The monoisotopic (exact) mass is 594 g/mol. The molecule has 7 nitrogen and oxygen atoms in total. The molecule has 1 N–H and O–H groups in total. The highest BCUT2D eigenvalue weighted by Crippen LogP contribution is 2.40. The van der Waals surface area contributed by atoms with E-state index in [1.807, 2.05) is 57.2 Å². The molecule has 1 fully saturated rings. The number of hydrogen-bond acceptors (Lipinski definition) is 6. The average molecular weight is 596 g/mol. The van der Waals surface area contributed by atoms with Crippen molar-refractivity contribution in [3.05, 3.63) is 92.3 Å². The van der Waals surface area contributed by atoms with Crippen molar-refractivity contribution in [2.45, 2.75) is 27.4 Å². The molecule has 3 aromatic rings. The number of halogens is 1. The summed E-state index contributed by atoms with van der Waals surface area (Å²) in [6.07, 6.45) is 1.79. The largest absolute Gasteiger partial charge is 0.490 e. The predicted molar refractivity (Wildman–Crippen MR) is 154 cm³/mol. The zero-order chi connectivity index (χ0) is 27.2. The normalized spacial score (nSPS) is 15.4. The molecule has 0 radical (unpaired) electrons. The minimum absolute atomic E-state index is 0.137. The summed E-state index contributed by atoms with van der Waals surface area (Å²) < 4.78 is 12.7. The summed E-state index contributed by atoms with van der Waals surface area (Å²) in [5.41, 5.74) is 3.60. The molecule has 0 atom stereocenters. The number of likely N-dealkylation sites (N-methyl/N-ethyl adjacent to an activating group) is 1. The number of nitrogens with zero attached hydrogens (tertiary/aromatic N) is 2. The number of rotatable bonds is 9. The Hall–Kier alpha value is -3.56. The second-order valence-corrected chi connectivity index (χ2v) is 10.3. The summed E-state index contributed by atoms with van der Waals surface area (Å²) in [6.45, 7) is 7.09. The van der Waals surface area contributed by atoms with Gasteiger partial charge in [-0.1, -0.05) is 35.9 Å². The van der Waals surface area contributed by atoms with Crippen molar-refractivity contribution in [1.82, 2.24) is 4.90 Å². The number of carbonyl (C=O) groups excluding carboxylic acids is 1. The minimum Gasteiger partial charge on any atom is -0.490 e. The topological polar surface area (TPSA) is 88.4 Å². The highest BCUT2D eigenvalue weighted by molar-refractivity contribution is 9.10. The fraction of sp³-hybridized carbons (Fsp3) is 0.207. The number of carboxylic acids is 1. The number of amides is 1. The lowest BCUT2D eigenvalue weighted by Gasteiger charge is -2.15. The van der Waals surface area contributed by atoms with E-state index in [2.05, 4.69) is 20.9 Å². The van der Waals surface area contributed by atoms with Crippen LogP contribution in [-0.4, -0.2) is 40.2 Å². The van der Waals surface area contributed by atoms with Gasteiger partial charge in [0, 0.05) is 6.54 Å². The minimum atomic E-state index is -1.03. The van der Waals surface area contributed by atoms with Gasteiger partial charge in [0.05, 0.1) is 27.2 Å². The third kappa shape index (κ3) is 6.46. The van der Waals surface area contributed by atoms with Crippen LogP contribution in [0.1, 0.15) is 40.9 Å². The zero-order valence-electron chi connectivity index (χ0n) is 21.2. The number of carbonyl (C=O) groups is 2. The van der Waals surface area contributed by atoms with Crippen LogP contribution in [-0.2, 0) is 11.4 Å². The van der Waals surface area contributed by atoms with Gasteiger partial charge < -0.3 is 14.6 Å². The number of hydrogen-bond donors (Lipinski definition) is 1. The smallest absolute Gasteiger partial charge is 0.335 e. The van der Waals surface area contributed by atoms with E-state index in [-0.39, 0.29) is 11.5 Å². The van der Waals surface area contributed by atoms with Crippen LogP contribution in [0.25, 0.3) is 6.08 Å². The van der Waals surface area contributed by atoms with Crippen molar-refractivity contribution in [3.63, 3.8) is 0 Å². The van der Waals surface area contributed by atoms with Crippen LogP contribution in [0.5, 0.6) is 11.5 Å². The van der Waals surface area contributed by atoms with E-state index in [1.54, 1.807) is 23.1 Å². The second-order valence-electron chi connectivity index (χ2n) is 8.45. The maximum absolute atomic E-state index is 13.2. The number of aromatic carboxylic acids is 1. The molecular weight excluding hydrogens is 568 g/mol. The van der Waals surface area contributed by atoms with Crippen molar-refractivity contribution in [2.75, 3.05) is 13.2 Å². The van der Waals surface area contributed by atoms with Gasteiger partial charge in [0.15, 0.2) is 16.7 Å². The molecule has 0 saturated carbocycles. The van der Waals surface area contributed by atoms with Crippen molar-refractivity contribution < 1.29 is 24.2 Å². The zero-order valence-corrected chi connectivity index (χ0v) is 23.6. The number of aliphatic imine (C=N–C) groups is 1. The van der Waals surface area contributed by atoms with Gasteiger partial charge >= 0.3 is 5.97 Å². The van der Waals surface area contributed by atoms with Crippen LogP contribution in [0.2, 0.25) is 0 Å². The van der Waals surface area contributed by atoms with Crippen molar-refractivity contribution in [2.24, 2.45) is 4.99 Å². The van der Waals surface area contributed by atoms with Crippen LogP contribution in [0.3, 0.4) is 0 Å². The average Bonchev–Trinajstić information content (AvgIpc) is 3.18.